The molecule has 1 saturated carbocycles. The molecule has 2 aliphatic rings. The van der Waals surface area contributed by atoms with Crippen LogP contribution in [0.25, 0.3) is 11.1 Å². The first-order valence-corrected chi connectivity index (χ1v) is 15.5. The first-order valence-electron chi connectivity index (χ1n) is 15.5. The smallest absolute Gasteiger partial charge is 0.493 e. The molecule has 1 aliphatic heterocycles. The van der Waals surface area contributed by atoms with Crippen molar-refractivity contribution in [2.45, 2.75) is 71.0 Å². The third-order valence-electron chi connectivity index (χ3n) is 8.08. The number of allylic oxidation sites excluding steroid dienone is 1. The molecule has 10 heteroatoms. The molecular weight excluding hydrogens is 597 g/mol. The Kier molecular flexibility index (Phi) is 9.84. The second-order valence-electron chi connectivity index (χ2n) is 12.6. The maximum atomic E-state index is 12.9. The summed E-state index contributed by atoms with van der Waals surface area (Å²) in [6.07, 6.45) is -0.850. The second-order valence-corrected chi connectivity index (χ2v) is 12.6. The van der Waals surface area contributed by atoms with E-state index in [4.69, 9.17) is 18.9 Å². The summed E-state index contributed by atoms with van der Waals surface area (Å²) in [5, 5.41) is 0. The molecule has 3 aromatic rings. The normalized spacial score (nSPS) is 15.3. The third kappa shape index (κ3) is 8.33. The molecule has 5 rings (SSSR count). The van der Waals surface area contributed by atoms with Gasteiger partial charge >= 0.3 is 6.36 Å². The molecule has 248 valence electrons. The molecule has 3 aromatic carbocycles. The van der Waals surface area contributed by atoms with Gasteiger partial charge in [-0.25, -0.2) is 0 Å². The summed E-state index contributed by atoms with van der Waals surface area (Å²) in [5.41, 5.74) is 4.86. The van der Waals surface area contributed by atoms with Gasteiger partial charge in [-0.2, -0.15) is 0 Å². The minimum atomic E-state index is -4.75. The molecule has 0 unspecified atom stereocenters. The first kappa shape index (κ1) is 33.2. The number of likely N-dealkylation sites (tertiary alicyclic amines) is 1. The van der Waals surface area contributed by atoms with E-state index in [1.807, 2.05) is 24.3 Å². The average Bonchev–Trinajstić information content (AvgIpc) is 3.87. The monoisotopic (exact) mass is 640 g/mol. The predicted octanol–water partition coefficient (Wildman–Crippen LogP) is 8.57. The summed E-state index contributed by atoms with van der Waals surface area (Å²) in [7, 11) is 4.75. The van der Waals surface area contributed by atoms with E-state index in [1.165, 1.54) is 17.7 Å². The fraction of sp³-hybridized carbons (Fsp3) is 0.444. The number of benzene rings is 3. The number of nitrogens with zero attached hydrogens (tertiary/aromatic N) is 2. The topological polar surface area (TPSA) is 52.6 Å². The van der Waals surface area contributed by atoms with Gasteiger partial charge in [0.25, 0.3) is 0 Å². The van der Waals surface area contributed by atoms with Crippen molar-refractivity contribution in [2.24, 2.45) is 0 Å². The third-order valence-corrected chi connectivity index (χ3v) is 8.08. The number of halogens is 3. The van der Waals surface area contributed by atoms with Crippen molar-refractivity contribution < 1.29 is 36.9 Å². The van der Waals surface area contributed by atoms with Crippen molar-refractivity contribution in [1.82, 2.24) is 4.90 Å². The van der Waals surface area contributed by atoms with Crippen LogP contribution in [0.15, 0.2) is 72.1 Å². The van der Waals surface area contributed by atoms with Crippen LogP contribution in [0.2, 0.25) is 0 Å². The van der Waals surface area contributed by atoms with E-state index >= 15 is 0 Å². The Morgan fingerprint density at radius 3 is 1.98 bits per heavy atom. The van der Waals surface area contributed by atoms with Gasteiger partial charge in [0.15, 0.2) is 17.4 Å². The van der Waals surface area contributed by atoms with Crippen LogP contribution in [0.5, 0.6) is 23.0 Å². The highest BCUT2D eigenvalue weighted by Crippen LogP contribution is 2.42. The van der Waals surface area contributed by atoms with Gasteiger partial charge in [0, 0.05) is 31.4 Å². The summed E-state index contributed by atoms with van der Waals surface area (Å²) >= 11 is 0. The van der Waals surface area contributed by atoms with E-state index in [9.17, 15) is 13.2 Å². The Morgan fingerprint density at radius 2 is 1.46 bits per heavy atom. The molecule has 0 bridgehead atoms. The summed E-state index contributed by atoms with van der Waals surface area (Å²) < 4.78 is 65.9. The summed E-state index contributed by atoms with van der Waals surface area (Å²) in [6.45, 7) is 8.44. The molecule has 0 N–H and O–H groups in total. The van der Waals surface area contributed by atoms with E-state index in [1.54, 1.807) is 33.5 Å². The lowest BCUT2D eigenvalue weighted by atomic mass is 9.99. The highest BCUT2D eigenvalue weighted by Gasteiger charge is 2.33. The van der Waals surface area contributed by atoms with Crippen molar-refractivity contribution in [1.29, 1.82) is 0 Å². The summed E-state index contributed by atoms with van der Waals surface area (Å²) in [6, 6.07) is 18.4. The van der Waals surface area contributed by atoms with Gasteiger partial charge in [0.1, 0.15) is 11.4 Å². The lowest BCUT2D eigenvalue weighted by Gasteiger charge is -2.42. The maximum absolute atomic E-state index is 12.9. The molecule has 0 radical (unpaired) electrons. The highest BCUT2D eigenvalue weighted by atomic mass is 19.4. The van der Waals surface area contributed by atoms with Crippen LogP contribution in [0, 0.1) is 0 Å². The zero-order valence-corrected chi connectivity index (χ0v) is 27.4. The van der Waals surface area contributed by atoms with Crippen LogP contribution in [0.1, 0.15) is 52.0 Å². The highest BCUT2D eigenvalue weighted by molar-refractivity contribution is 5.71. The van der Waals surface area contributed by atoms with Gasteiger partial charge in [-0.15, -0.1) is 13.2 Å². The van der Waals surface area contributed by atoms with Crippen LogP contribution >= 0.6 is 0 Å². The fourth-order valence-electron chi connectivity index (χ4n) is 5.87. The Bertz CT molecular complexity index is 1490. The van der Waals surface area contributed by atoms with E-state index in [0.717, 1.165) is 67.0 Å². The number of ether oxygens (including phenoxy) is 5. The zero-order chi connectivity index (χ0) is 33.1. The standard InChI is InChI=1S/C36H43F3N2O5/c1-35(2,3)46-34(25-10-11-25)40-18-16-29(17-19-40)41(28-12-14-30(15-13-28)45-36(37,38)39)23-24-8-7-9-26(20-24)27-21-31(42-4)33(44-6)32(22-27)43-5/h7-9,12-15,20-22,29H,10-11,16-19,23H2,1-6H3. The number of methoxy groups -OCH3 is 3. The second kappa shape index (κ2) is 13.6. The molecule has 7 nitrogen and oxygen atoms in total. The zero-order valence-electron chi connectivity index (χ0n) is 27.4. The van der Waals surface area contributed by atoms with Gasteiger partial charge in [-0.05, 0) is 111 Å². The number of hydrogen-bond donors (Lipinski definition) is 0. The van der Waals surface area contributed by atoms with Gasteiger partial charge in [0.2, 0.25) is 5.75 Å². The van der Waals surface area contributed by atoms with Gasteiger partial charge in [-0.1, -0.05) is 18.2 Å². The van der Waals surface area contributed by atoms with E-state index < -0.39 is 6.36 Å². The van der Waals surface area contributed by atoms with Crippen LogP contribution in [0.4, 0.5) is 18.9 Å². The lowest BCUT2D eigenvalue weighted by molar-refractivity contribution is -0.274. The van der Waals surface area contributed by atoms with Crippen molar-refractivity contribution in [3.63, 3.8) is 0 Å². The minimum absolute atomic E-state index is 0.163. The Labute approximate surface area is 269 Å². The first-order chi connectivity index (χ1) is 21.9. The minimum Gasteiger partial charge on any atom is -0.493 e. The Balaban J connectivity index is 1.42. The van der Waals surface area contributed by atoms with Crippen LogP contribution in [-0.2, 0) is 11.3 Å². The number of hydrogen-bond acceptors (Lipinski definition) is 7. The molecule has 1 saturated heterocycles. The van der Waals surface area contributed by atoms with Crippen molar-refractivity contribution in [3.05, 3.63) is 77.7 Å². The molecule has 2 fully saturated rings. The number of alkyl halides is 3. The van der Waals surface area contributed by atoms with Crippen molar-refractivity contribution >= 4 is 5.69 Å². The molecular formula is C36H43F3N2O5. The maximum Gasteiger partial charge on any atom is 0.573 e. The summed E-state index contributed by atoms with van der Waals surface area (Å²) in [4.78, 5) is 4.64. The average molecular weight is 641 g/mol. The number of piperidine rings is 1. The van der Waals surface area contributed by atoms with E-state index in [-0.39, 0.29) is 17.4 Å². The number of anilines is 1. The Hall–Kier alpha value is -4.21. The lowest BCUT2D eigenvalue weighted by Crippen LogP contribution is -2.45. The fourth-order valence-corrected chi connectivity index (χ4v) is 5.87. The molecule has 1 heterocycles. The molecule has 0 atom stereocenters. The van der Waals surface area contributed by atoms with Crippen LogP contribution in [0.3, 0.4) is 0 Å². The van der Waals surface area contributed by atoms with Gasteiger partial charge in [-0.3, -0.25) is 0 Å². The van der Waals surface area contributed by atoms with Crippen molar-refractivity contribution in [2.75, 3.05) is 39.3 Å². The summed E-state index contributed by atoms with van der Waals surface area (Å²) in [5.74, 6) is 2.42. The van der Waals surface area contributed by atoms with Gasteiger partial charge in [0.05, 0.1) is 21.3 Å². The molecule has 0 spiro atoms. The quantitative estimate of drug-likeness (QED) is 0.195. The molecule has 0 amide bonds. The van der Waals surface area contributed by atoms with E-state index in [2.05, 4.69) is 47.4 Å². The molecule has 46 heavy (non-hydrogen) atoms. The predicted molar refractivity (Wildman–Crippen MR) is 173 cm³/mol. The number of rotatable bonds is 11. The SMILES string of the molecule is COc1cc(-c2cccc(CN(c3ccc(OC(F)(F)F)cc3)C3CCN(C(OC(C)(C)C)=C4CC4)CC3)c2)cc(OC)c1OC. The van der Waals surface area contributed by atoms with Crippen molar-refractivity contribution in [3.8, 4) is 34.1 Å². The molecule has 1 aliphatic carbocycles. The molecule has 0 aromatic heterocycles. The van der Waals surface area contributed by atoms with Crippen LogP contribution < -0.4 is 23.8 Å². The van der Waals surface area contributed by atoms with E-state index in [0.29, 0.717) is 23.8 Å². The largest absolute Gasteiger partial charge is 0.573 e. The van der Waals surface area contributed by atoms with Crippen LogP contribution in [-0.4, -0.2) is 57.3 Å². The Morgan fingerprint density at radius 1 is 0.826 bits per heavy atom. The van der Waals surface area contributed by atoms with Gasteiger partial charge < -0.3 is 33.5 Å².